The summed E-state index contributed by atoms with van der Waals surface area (Å²) in [5.74, 6) is -0.0510. The molecular weight excluding hydrogens is 323 g/mol. The summed E-state index contributed by atoms with van der Waals surface area (Å²) in [5.41, 5.74) is 0.835. The highest BCUT2D eigenvalue weighted by atomic mass is 35.5. The zero-order valence-electron chi connectivity index (χ0n) is 13.2. The maximum absolute atomic E-state index is 12.3. The maximum atomic E-state index is 12.3. The number of halogens is 2. The van der Waals surface area contributed by atoms with Crippen molar-refractivity contribution in [3.8, 4) is 0 Å². The molecule has 0 aromatic heterocycles. The van der Waals surface area contributed by atoms with E-state index >= 15 is 0 Å². The van der Waals surface area contributed by atoms with E-state index < -0.39 is 0 Å². The van der Waals surface area contributed by atoms with E-state index in [2.05, 4.69) is 0 Å². The Kier molecular flexibility index (Phi) is 8.49. The van der Waals surface area contributed by atoms with Crippen LogP contribution in [-0.4, -0.2) is 63.2 Å². The van der Waals surface area contributed by atoms with E-state index in [9.17, 15) is 4.79 Å². The van der Waals surface area contributed by atoms with Gasteiger partial charge in [0.2, 0.25) is 5.91 Å². The molecule has 0 aliphatic heterocycles. The van der Waals surface area contributed by atoms with E-state index in [-0.39, 0.29) is 5.91 Å². The number of carbonyl (C=O) groups is 1. The summed E-state index contributed by atoms with van der Waals surface area (Å²) in [6.45, 7) is 2.53. The highest BCUT2D eigenvalue weighted by molar-refractivity contribution is 6.42. The molecule has 0 saturated heterocycles. The predicted molar refractivity (Wildman–Crippen MR) is 92.5 cm³/mol. The Balaban J connectivity index is 2.70. The second-order valence-electron chi connectivity index (χ2n) is 5.13. The van der Waals surface area contributed by atoms with Crippen LogP contribution in [0.2, 0.25) is 10.0 Å². The van der Waals surface area contributed by atoms with Gasteiger partial charge < -0.3 is 14.5 Å². The molecule has 0 radical (unpaired) electrons. The zero-order valence-corrected chi connectivity index (χ0v) is 14.7. The third-order valence-electron chi connectivity index (χ3n) is 3.06. The van der Waals surface area contributed by atoms with Crippen molar-refractivity contribution in [3.63, 3.8) is 0 Å². The van der Waals surface area contributed by atoms with Gasteiger partial charge in [-0.2, -0.15) is 0 Å². The fraction of sp³-hybridized carbons (Fsp3) is 0.438. The first-order valence-electron chi connectivity index (χ1n) is 6.99. The smallest absolute Gasteiger partial charge is 0.246 e. The van der Waals surface area contributed by atoms with Gasteiger partial charge in [-0.1, -0.05) is 29.3 Å². The third kappa shape index (κ3) is 6.79. The Hall–Kier alpha value is -1.07. The lowest BCUT2D eigenvalue weighted by Crippen LogP contribution is -2.37. The predicted octanol–water partition coefficient (Wildman–Crippen LogP) is 3.04. The number of rotatable bonds is 8. The number of ether oxygens (including phenoxy) is 1. The molecule has 4 nitrogen and oxygen atoms in total. The Labute approximate surface area is 142 Å². The molecular formula is C16H22Cl2N2O2. The van der Waals surface area contributed by atoms with Gasteiger partial charge in [-0.15, -0.1) is 0 Å². The van der Waals surface area contributed by atoms with Crippen LogP contribution < -0.4 is 0 Å². The Morgan fingerprint density at radius 2 is 1.91 bits per heavy atom. The molecule has 1 aromatic rings. The number of amides is 1. The van der Waals surface area contributed by atoms with Crippen molar-refractivity contribution in [2.24, 2.45) is 0 Å². The van der Waals surface area contributed by atoms with E-state index in [1.165, 1.54) is 0 Å². The molecule has 0 saturated carbocycles. The van der Waals surface area contributed by atoms with Gasteiger partial charge in [0.1, 0.15) is 0 Å². The molecule has 0 aliphatic rings. The summed E-state index contributed by atoms with van der Waals surface area (Å²) in [4.78, 5) is 16.1. The summed E-state index contributed by atoms with van der Waals surface area (Å²) < 4.78 is 5.06. The van der Waals surface area contributed by atoms with Crippen molar-refractivity contribution >= 4 is 35.2 Å². The molecule has 0 fully saturated rings. The normalized spacial score (nSPS) is 11.4. The number of carbonyl (C=O) groups excluding carboxylic acids is 1. The van der Waals surface area contributed by atoms with Crippen LogP contribution in [0.3, 0.4) is 0 Å². The second-order valence-corrected chi connectivity index (χ2v) is 5.94. The van der Waals surface area contributed by atoms with Crippen LogP contribution in [0.5, 0.6) is 0 Å². The molecule has 0 unspecified atom stereocenters. The lowest BCUT2D eigenvalue weighted by Gasteiger charge is -2.22. The molecule has 1 rings (SSSR count). The average molecular weight is 345 g/mol. The highest BCUT2D eigenvalue weighted by Gasteiger charge is 2.10. The number of hydrogen-bond acceptors (Lipinski definition) is 3. The number of nitrogens with zero attached hydrogens (tertiary/aromatic N) is 2. The first-order valence-corrected chi connectivity index (χ1v) is 7.75. The van der Waals surface area contributed by atoms with Crippen molar-refractivity contribution in [2.45, 2.75) is 0 Å². The molecule has 0 aliphatic carbocycles. The Morgan fingerprint density at radius 1 is 1.18 bits per heavy atom. The third-order valence-corrected chi connectivity index (χ3v) is 3.80. The van der Waals surface area contributed by atoms with Crippen LogP contribution in [0.15, 0.2) is 24.3 Å². The average Bonchev–Trinajstić information content (AvgIpc) is 2.48. The molecule has 0 spiro atoms. The van der Waals surface area contributed by atoms with Gasteiger partial charge >= 0.3 is 0 Å². The van der Waals surface area contributed by atoms with E-state index in [1.54, 1.807) is 36.3 Å². The van der Waals surface area contributed by atoms with Crippen LogP contribution >= 0.6 is 23.2 Å². The monoisotopic (exact) mass is 344 g/mol. The van der Waals surface area contributed by atoms with Crippen molar-refractivity contribution < 1.29 is 9.53 Å². The first-order chi connectivity index (χ1) is 10.4. The van der Waals surface area contributed by atoms with E-state index in [1.807, 2.05) is 25.1 Å². The summed E-state index contributed by atoms with van der Waals surface area (Å²) in [6.07, 6.45) is 3.28. The van der Waals surface area contributed by atoms with Gasteiger partial charge in [0, 0.05) is 32.8 Å². The minimum absolute atomic E-state index is 0.0510. The SMILES string of the molecule is COCCN(CCN(C)C)C(=O)C=Cc1ccc(Cl)c(Cl)c1. The van der Waals surface area contributed by atoms with Gasteiger partial charge in [-0.3, -0.25) is 4.79 Å². The van der Waals surface area contributed by atoms with Gasteiger partial charge in [-0.05, 0) is 37.9 Å². The molecule has 0 bridgehead atoms. The minimum atomic E-state index is -0.0510. The lowest BCUT2D eigenvalue weighted by molar-refractivity contribution is -0.126. The zero-order chi connectivity index (χ0) is 16.5. The number of methoxy groups -OCH3 is 1. The largest absolute Gasteiger partial charge is 0.383 e. The summed E-state index contributed by atoms with van der Waals surface area (Å²) >= 11 is 11.8. The minimum Gasteiger partial charge on any atom is -0.383 e. The number of benzene rings is 1. The Morgan fingerprint density at radius 3 is 2.50 bits per heavy atom. The summed E-state index contributed by atoms with van der Waals surface area (Å²) in [7, 11) is 5.58. The fourth-order valence-electron chi connectivity index (χ4n) is 1.74. The Bertz CT molecular complexity index is 519. The summed E-state index contributed by atoms with van der Waals surface area (Å²) in [5, 5.41) is 0.970. The quantitative estimate of drug-likeness (QED) is 0.679. The molecule has 0 atom stereocenters. The van der Waals surface area contributed by atoms with Crippen LogP contribution in [0, 0.1) is 0 Å². The highest BCUT2D eigenvalue weighted by Crippen LogP contribution is 2.23. The molecule has 0 N–H and O–H groups in total. The topological polar surface area (TPSA) is 32.8 Å². The van der Waals surface area contributed by atoms with E-state index in [4.69, 9.17) is 27.9 Å². The number of likely N-dealkylation sites (N-methyl/N-ethyl adjacent to an activating group) is 1. The van der Waals surface area contributed by atoms with Gasteiger partial charge in [0.15, 0.2) is 0 Å². The van der Waals surface area contributed by atoms with E-state index in [0.717, 1.165) is 12.1 Å². The second kappa shape index (κ2) is 9.85. The van der Waals surface area contributed by atoms with Gasteiger partial charge in [0.25, 0.3) is 0 Å². The molecule has 1 amide bonds. The number of hydrogen-bond donors (Lipinski definition) is 0. The van der Waals surface area contributed by atoms with Crippen LogP contribution in [0.4, 0.5) is 0 Å². The molecule has 122 valence electrons. The van der Waals surface area contributed by atoms with Crippen molar-refractivity contribution in [1.82, 2.24) is 9.80 Å². The molecule has 6 heteroatoms. The lowest BCUT2D eigenvalue weighted by atomic mass is 10.2. The van der Waals surface area contributed by atoms with Gasteiger partial charge in [0.05, 0.1) is 16.7 Å². The molecule has 22 heavy (non-hydrogen) atoms. The molecule has 1 aromatic carbocycles. The maximum Gasteiger partial charge on any atom is 0.246 e. The van der Waals surface area contributed by atoms with Crippen molar-refractivity contribution in [1.29, 1.82) is 0 Å². The fourth-order valence-corrected chi connectivity index (χ4v) is 2.05. The summed E-state index contributed by atoms with van der Waals surface area (Å²) in [6, 6.07) is 5.26. The van der Waals surface area contributed by atoms with Crippen LogP contribution in [0.1, 0.15) is 5.56 Å². The van der Waals surface area contributed by atoms with Crippen molar-refractivity contribution in [3.05, 3.63) is 39.9 Å². The standard InChI is InChI=1S/C16H22Cl2N2O2/c1-19(2)8-9-20(10-11-22-3)16(21)7-5-13-4-6-14(17)15(18)12-13/h4-7,12H,8-11H2,1-3H3. The van der Waals surface area contributed by atoms with Crippen LogP contribution in [0.25, 0.3) is 6.08 Å². The first kappa shape index (κ1) is 19.0. The van der Waals surface area contributed by atoms with Crippen molar-refractivity contribution in [2.75, 3.05) is 47.4 Å². The van der Waals surface area contributed by atoms with E-state index in [0.29, 0.717) is 29.7 Å². The molecule has 0 heterocycles. The van der Waals surface area contributed by atoms with Gasteiger partial charge in [-0.25, -0.2) is 0 Å². The van der Waals surface area contributed by atoms with Crippen LogP contribution in [-0.2, 0) is 9.53 Å².